The average Bonchev–Trinajstić information content (AvgIpc) is 2.95. The van der Waals surface area contributed by atoms with Crippen LogP contribution in [0.2, 0.25) is 0 Å². The number of carbonyl (C=O) groups is 2. The van der Waals surface area contributed by atoms with Crippen LogP contribution < -0.4 is 10.9 Å². The summed E-state index contributed by atoms with van der Waals surface area (Å²) in [5.74, 6) is 0.00240. The summed E-state index contributed by atoms with van der Waals surface area (Å²) >= 11 is 0. The molecule has 1 fully saturated rings. The second-order valence-corrected chi connectivity index (χ2v) is 8.07. The van der Waals surface area contributed by atoms with Gasteiger partial charge in [-0.1, -0.05) is 44.2 Å². The van der Waals surface area contributed by atoms with E-state index in [-0.39, 0.29) is 12.5 Å². The highest BCUT2D eigenvalue weighted by Gasteiger charge is 2.38. The fraction of sp³-hybridized carbons (Fsp3) is 0.292. The Balaban J connectivity index is 1.66. The third-order valence-corrected chi connectivity index (χ3v) is 5.56. The van der Waals surface area contributed by atoms with E-state index in [0.717, 1.165) is 22.1 Å². The van der Waals surface area contributed by atoms with Gasteiger partial charge in [-0.25, -0.2) is 9.59 Å². The average molecular weight is 404 g/mol. The van der Waals surface area contributed by atoms with Crippen molar-refractivity contribution in [3.63, 3.8) is 0 Å². The van der Waals surface area contributed by atoms with Crippen molar-refractivity contribution in [2.45, 2.75) is 45.7 Å². The highest BCUT2D eigenvalue weighted by atomic mass is 16.4. The van der Waals surface area contributed by atoms with Crippen LogP contribution in [0.1, 0.15) is 42.0 Å². The maximum atomic E-state index is 12.9. The second kappa shape index (κ2) is 7.78. The van der Waals surface area contributed by atoms with E-state index < -0.39 is 17.7 Å². The molecule has 0 saturated carbocycles. The fourth-order valence-corrected chi connectivity index (χ4v) is 4.03. The summed E-state index contributed by atoms with van der Waals surface area (Å²) in [6.07, 6.45) is 0.427. The number of fused-ring (bicyclic) bond motifs is 1. The van der Waals surface area contributed by atoms with Crippen molar-refractivity contribution in [3.8, 4) is 0 Å². The molecular formula is C24H24N2O4. The first-order chi connectivity index (χ1) is 14.3. The summed E-state index contributed by atoms with van der Waals surface area (Å²) in [4.78, 5) is 38.7. The Bertz CT molecular complexity index is 1180. The maximum absolute atomic E-state index is 12.9. The Labute approximate surface area is 174 Å². The number of hydrogen-bond acceptors (Lipinski definition) is 4. The number of amides is 3. The van der Waals surface area contributed by atoms with Gasteiger partial charge >= 0.3 is 11.7 Å². The van der Waals surface area contributed by atoms with E-state index in [1.165, 1.54) is 11.0 Å². The predicted molar refractivity (Wildman–Crippen MR) is 114 cm³/mol. The largest absolute Gasteiger partial charge is 0.423 e. The topological polar surface area (TPSA) is 79.6 Å². The van der Waals surface area contributed by atoms with Gasteiger partial charge in [0.05, 0.1) is 6.54 Å². The molecule has 2 aromatic carbocycles. The van der Waals surface area contributed by atoms with Crippen LogP contribution in [-0.2, 0) is 17.8 Å². The van der Waals surface area contributed by atoms with E-state index in [1.807, 2.05) is 49.4 Å². The summed E-state index contributed by atoms with van der Waals surface area (Å²) in [7, 11) is 0. The highest BCUT2D eigenvalue weighted by Crippen LogP contribution is 2.28. The van der Waals surface area contributed by atoms with Crippen LogP contribution in [0.3, 0.4) is 0 Å². The fourth-order valence-electron chi connectivity index (χ4n) is 4.03. The molecule has 4 rings (SSSR count). The molecule has 1 saturated heterocycles. The minimum absolute atomic E-state index is 0.0264. The first kappa shape index (κ1) is 19.9. The number of benzene rings is 2. The van der Waals surface area contributed by atoms with Crippen LogP contribution >= 0.6 is 0 Å². The molecule has 154 valence electrons. The SMILES string of the molecule is Cc1cc2oc(=O)cc(CN3C(=O)NC(Cc4ccccc4)C3=O)c2cc1C(C)C. The van der Waals surface area contributed by atoms with Gasteiger partial charge in [0.25, 0.3) is 5.91 Å². The standard InChI is InChI=1S/C24H24N2O4/c1-14(2)18-12-19-17(11-22(27)30-21(19)9-15(18)3)13-26-23(28)20(25-24(26)29)10-16-7-5-4-6-8-16/h4-9,11-12,14,20H,10,13H2,1-3H3,(H,25,29). The van der Waals surface area contributed by atoms with Gasteiger partial charge in [0.15, 0.2) is 0 Å². The molecule has 0 radical (unpaired) electrons. The van der Waals surface area contributed by atoms with Crippen LogP contribution in [0.25, 0.3) is 11.0 Å². The van der Waals surface area contributed by atoms with Crippen LogP contribution in [0.4, 0.5) is 4.79 Å². The lowest BCUT2D eigenvalue weighted by Crippen LogP contribution is -2.32. The van der Waals surface area contributed by atoms with Crippen LogP contribution in [0.5, 0.6) is 0 Å². The molecule has 0 bridgehead atoms. The number of aryl methyl sites for hydroxylation is 1. The quantitative estimate of drug-likeness (QED) is 0.517. The first-order valence-electron chi connectivity index (χ1n) is 10.1. The van der Waals surface area contributed by atoms with Crippen molar-refractivity contribution < 1.29 is 14.0 Å². The Morgan fingerprint density at radius 2 is 1.80 bits per heavy atom. The molecular weight excluding hydrogens is 380 g/mol. The number of carbonyl (C=O) groups excluding carboxylic acids is 2. The molecule has 3 amide bonds. The van der Waals surface area contributed by atoms with Crippen LogP contribution in [0, 0.1) is 6.92 Å². The Kier molecular flexibility index (Phi) is 5.16. The van der Waals surface area contributed by atoms with Crippen molar-refractivity contribution in [1.82, 2.24) is 10.2 Å². The minimum Gasteiger partial charge on any atom is -0.423 e. The van der Waals surface area contributed by atoms with E-state index in [9.17, 15) is 14.4 Å². The van der Waals surface area contributed by atoms with E-state index in [4.69, 9.17) is 4.42 Å². The smallest absolute Gasteiger partial charge is 0.336 e. The van der Waals surface area contributed by atoms with E-state index >= 15 is 0 Å². The van der Waals surface area contributed by atoms with Gasteiger partial charge in [-0.3, -0.25) is 9.69 Å². The molecule has 0 spiro atoms. The Hall–Kier alpha value is -3.41. The van der Waals surface area contributed by atoms with E-state index in [1.54, 1.807) is 0 Å². The monoisotopic (exact) mass is 404 g/mol. The van der Waals surface area contributed by atoms with Crippen LogP contribution in [-0.4, -0.2) is 22.9 Å². The minimum atomic E-state index is -0.611. The van der Waals surface area contributed by atoms with Crippen LogP contribution in [0.15, 0.2) is 57.7 Å². The molecule has 1 aliphatic heterocycles. The zero-order chi connectivity index (χ0) is 21.4. The number of nitrogens with one attached hydrogen (secondary N) is 1. The third kappa shape index (κ3) is 3.73. The molecule has 1 aliphatic rings. The molecule has 6 nitrogen and oxygen atoms in total. The number of hydrogen-bond donors (Lipinski definition) is 1. The van der Waals surface area contributed by atoms with E-state index in [0.29, 0.717) is 23.5 Å². The van der Waals surface area contributed by atoms with Gasteiger partial charge in [-0.2, -0.15) is 0 Å². The van der Waals surface area contributed by atoms with Gasteiger partial charge in [-0.05, 0) is 47.2 Å². The summed E-state index contributed by atoms with van der Waals surface area (Å²) in [5, 5.41) is 3.51. The summed E-state index contributed by atoms with van der Waals surface area (Å²) < 4.78 is 5.38. The predicted octanol–water partition coefficient (Wildman–Crippen LogP) is 3.89. The molecule has 1 N–H and O–H groups in total. The lowest BCUT2D eigenvalue weighted by molar-refractivity contribution is -0.127. The number of urea groups is 1. The number of rotatable bonds is 5. The zero-order valence-electron chi connectivity index (χ0n) is 17.3. The molecule has 30 heavy (non-hydrogen) atoms. The molecule has 2 heterocycles. The molecule has 1 atom stereocenters. The maximum Gasteiger partial charge on any atom is 0.336 e. The number of nitrogens with zero attached hydrogens (tertiary/aromatic N) is 1. The van der Waals surface area contributed by atoms with Gasteiger partial charge in [0, 0.05) is 17.9 Å². The lowest BCUT2D eigenvalue weighted by atomic mass is 9.95. The second-order valence-electron chi connectivity index (χ2n) is 8.07. The molecule has 3 aromatic rings. The zero-order valence-corrected chi connectivity index (χ0v) is 17.3. The molecule has 1 unspecified atom stereocenters. The van der Waals surface area contributed by atoms with Crippen molar-refractivity contribution in [1.29, 1.82) is 0 Å². The van der Waals surface area contributed by atoms with Gasteiger partial charge in [-0.15, -0.1) is 0 Å². The summed E-state index contributed by atoms with van der Waals surface area (Å²) in [6, 6.07) is 13.7. The van der Waals surface area contributed by atoms with Crippen molar-refractivity contribution >= 4 is 22.9 Å². The Morgan fingerprint density at radius 3 is 2.50 bits per heavy atom. The van der Waals surface area contributed by atoms with Crippen molar-refractivity contribution in [2.75, 3.05) is 0 Å². The highest BCUT2D eigenvalue weighted by molar-refractivity contribution is 6.04. The summed E-state index contributed by atoms with van der Waals surface area (Å²) in [6.45, 7) is 6.20. The molecule has 1 aromatic heterocycles. The lowest BCUT2D eigenvalue weighted by Gasteiger charge is -2.16. The van der Waals surface area contributed by atoms with E-state index in [2.05, 4.69) is 19.2 Å². The third-order valence-electron chi connectivity index (χ3n) is 5.56. The van der Waals surface area contributed by atoms with Crippen molar-refractivity contribution in [3.05, 3.63) is 81.2 Å². The first-order valence-corrected chi connectivity index (χ1v) is 10.1. The molecule has 0 aliphatic carbocycles. The normalized spacial score (nSPS) is 16.5. The van der Waals surface area contributed by atoms with Gasteiger partial charge in [0.1, 0.15) is 11.6 Å². The van der Waals surface area contributed by atoms with Gasteiger partial charge < -0.3 is 9.73 Å². The Morgan fingerprint density at radius 1 is 1.07 bits per heavy atom. The van der Waals surface area contributed by atoms with Gasteiger partial charge in [0.2, 0.25) is 0 Å². The summed E-state index contributed by atoms with van der Waals surface area (Å²) in [5.41, 5.74) is 3.72. The number of imide groups is 1. The van der Waals surface area contributed by atoms with Crippen molar-refractivity contribution in [2.24, 2.45) is 0 Å². The molecule has 6 heteroatoms.